The van der Waals surface area contributed by atoms with Crippen molar-refractivity contribution in [3.8, 4) is 11.5 Å². The molecule has 3 rings (SSSR count). The van der Waals surface area contributed by atoms with E-state index in [2.05, 4.69) is 11.4 Å². The predicted octanol–water partition coefficient (Wildman–Crippen LogP) is 4.05. The summed E-state index contributed by atoms with van der Waals surface area (Å²) in [4.78, 5) is 27.9. The number of nitrogens with zero attached hydrogens (tertiary/aromatic N) is 1. The lowest BCUT2D eigenvalue weighted by Gasteiger charge is -2.33. The van der Waals surface area contributed by atoms with Gasteiger partial charge in [0.2, 0.25) is 5.91 Å². The van der Waals surface area contributed by atoms with Gasteiger partial charge in [-0.25, -0.2) is 0 Å². The lowest BCUT2D eigenvalue weighted by atomic mass is 9.95. The van der Waals surface area contributed by atoms with E-state index in [1.165, 1.54) is 0 Å². The average molecular weight is 425 g/mol. The largest absolute Gasteiger partial charge is 0.497 e. The maximum absolute atomic E-state index is 13.0. The number of piperidine rings is 1. The Kier molecular flexibility index (Phi) is 7.21. The molecular weight excluding hydrogens is 392 g/mol. The quantitative estimate of drug-likeness (QED) is 0.760. The van der Waals surface area contributed by atoms with Crippen LogP contribution in [0.25, 0.3) is 0 Å². The first-order chi connectivity index (χ1) is 14.8. The summed E-state index contributed by atoms with van der Waals surface area (Å²) in [5.74, 6) is 1.12. The standard InChI is InChI=1S/C25H32N2O4/c1-16-11-17(2)13-20(12-16)25(29)27-10-6-7-19(15-27)24(28)26-18(3)22-14-21(30-4)8-9-23(22)31-5/h8-9,11-14,18-19H,6-7,10,15H2,1-5H3,(H,26,28)/t18-,19-/m1/s1. The van der Waals surface area contributed by atoms with Gasteiger partial charge >= 0.3 is 0 Å². The molecule has 166 valence electrons. The Morgan fingerprint density at radius 2 is 1.77 bits per heavy atom. The van der Waals surface area contributed by atoms with E-state index in [4.69, 9.17) is 9.47 Å². The maximum atomic E-state index is 13.0. The molecule has 1 aliphatic heterocycles. The highest BCUT2D eigenvalue weighted by Gasteiger charge is 2.30. The highest BCUT2D eigenvalue weighted by atomic mass is 16.5. The van der Waals surface area contributed by atoms with Crippen LogP contribution in [0.2, 0.25) is 0 Å². The Morgan fingerprint density at radius 1 is 1.06 bits per heavy atom. The summed E-state index contributed by atoms with van der Waals surface area (Å²) in [5.41, 5.74) is 3.67. The topological polar surface area (TPSA) is 67.9 Å². The lowest BCUT2D eigenvalue weighted by Crippen LogP contribution is -2.45. The monoisotopic (exact) mass is 424 g/mol. The number of hydrogen-bond donors (Lipinski definition) is 1. The normalized spacial score (nSPS) is 17.1. The molecule has 0 aromatic heterocycles. The summed E-state index contributed by atoms with van der Waals surface area (Å²) in [5, 5.41) is 3.10. The van der Waals surface area contributed by atoms with Crippen molar-refractivity contribution in [2.75, 3.05) is 27.3 Å². The van der Waals surface area contributed by atoms with Crippen LogP contribution >= 0.6 is 0 Å². The van der Waals surface area contributed by atoms with Gasteiger partial charge in [-0.3, -0.25) is 9.59 Å². The highest BCUT2D eigenvalue weighted by molar-refractivity contribution is 5.95. The van der Waals surface area contributed by atoms with Crippen molar-refractivity contribution in [2.45, 2.75) is 39.7 Å². The number of methoxy groups -OCH3 is 2. The third kappa shape index (κ3) is 5.37. The van der Waals surface area contributed by atoms with Crippen LogP contribution in [-0.4, -0.2) is 44.0 Å². The molecule has 2 atom stereocenters. The first kappa shape index (κ1) is 22.7. The Balaban J connectivity index is 1.69. The third-order valence-corrected chi connectivity index (χ3v) is 5.81. The second-order valence-electron chi connectivity index (χ2n) is 8.30. The van der Waals surface area contributed by atoms with Crippen LogP contribution in [0.1, 0.15) is 52.9 Å². The van der Waals surface area contributed by atoms with E-state index in [0.717, 1.165) is 29.5 Å². The molecule has 2 amide bonds. The first-order valence-electron chi connectivity index (χ1n) is 10.7. The van der Waals surface area contributed by atoms with Gasteiger partial charge in [-0.05, 0) is 63.9 Å². The molecular formula is C25H32N2O4. The van der Waals surface area contributed by atoms with Crippen LogP contribution < -0.4 is 14.8 Å². The summed E-state index contributed by atoms with van der Waals surface area (Å²) in [7, 11) is 3.22. The van der Waals surface area contributed by atoms with E-state index in [1.54, 1.807) is 19.1 Å². The number of nitrogens with one attached hydrogen (secondary N) is 1. The van der Waals surface area contributed by atoms with E-state index >= 15 is 0 Å². The van der Waals surface area contributed by atoms with Gasteiger partial charge < -0.3 is 19.7 Å². The minimum absolute atomic E-state index is 0.00758. The zero-order chi connectivity index (χ0) is 22.5. The van der Waals surface area contributed by atoms with Crippen LogP contribution in [0, 0.1) is 19.8 Å². The summed E-state index contributed by atoms with van der Waals surface area (Å²) < 4.78 is 10.8. The van der Waals surface area contributed by atoms with E-state index < -0.39 is 0 Å². The predicted molar refractivity (Wildman–Crippen MR) is 121 cm³/mol. The molecule has 0 bridgehead atoms. The van der Waals surface area contributed by atoms with Crippen molar-refractivity contribution >= 4 is 11.8 Å². The number of aryl methyl sites for hydroxylation is 2. The van der Waals surface area contributed by atoms with E-state index in [1.807, 2.05) is 51.1 Å². The zero-order valence-corrected chi connectivity index (χ0v) is 19.0. The van der Waals surface area contributed by atoms with Gasteiger partial charge in [-0.15, -0.1) is 0 Å². The number of amides is 2. The molecule has 1 aliphatic rings. The Bertz CT molecular complexity index is 936. The first-order valence-corrected chi connectivity index (χ1v) is 10.7. The van der Waals surface area contributed by atoms with Crippen molar-refractivity contribution in [2.24, 2.45) is 5.92 Å². The fourth-order valence-electron chi connectivity index (χ4n) is 4.24. The fourth-order valence-corrected chi connectivity index (χ4v) is 4.24. The van der Waals surface area contributed by atoms with Crippen LogP contribution in [-0.2, 0) is 4.79 Å². The summed E-state index contributed by atoms with van der Waals surface area (Å²) >= 11 is 0. The highest BCUT2D eigenvalue weighted by Crippen LogP contribution is 2.30. The van der Waals surface area contributed by atoms with Crippen molar-refractivity contribution in [1.29, 1.82) is 0 Å². The van der Waals surface area contributed by atoms with Crippen molar-refractivity contribution in [3.05, 3.63) is 58.7 Å². The van der Waals surface area contributed by atoms with Crippen LogP contribution in [0.5, 0.6) is 11.5 Å². The molecule has 1 saturated heterocycles. The van der Waals surface area contributed by atoms with Gasteiger partial charge in [-0.2, -0.15) is 0 Å². The average Bonchev–Trinajstić information content (AvgIpc) is 2.77. The maximum Gasteiger partial charge on any atom is 0.253 e. The number of likely N-dealkylation sites (tertiary alicyclic amines) is 1. The molecule has 0 saturated carbocycles. The van der Waals surface area contributed by atoms with Gasteiger partial charge in [0.1, 0.15) is 11.5 Å². The van der Waals surface area contributed by atoms with E-state index in [9.17, 15) is 9.59 Å². The number of hydrogen-bond acceptors (Lipinski definition) is 4. The van der Waals surface area contributed by atoms with Gasteiger partial charge in [0.05, 0.1) is 26.2 Å². The van der Waals surface area contributed by atoms with Crippen LogP contribution in [0.15, 0.2) is 36.4 Å². The number of rotatable bonds is 6. The molecule has 0 aliphatic carbocycles. The van der Waals surface area contributed by atoms with Crippen molar-refractivity contribution < 1.29 is 19.1 Å². The molecule has 0 unspecified atom stereocenters. The van der Waals surface area contributed by atoms with Crippen molar-refractivity contribution in [1.82, 2.24) is 10.2 Å². The molecule has 2 aromatic carbocycles. The van der Waals surface area contributed by atoms with Gasteiger partial charge in [0.15, 0.2) is 0 Å². The molecule has 0 spiro atoms. The smallest absolute Gasteiger partial charge is 0.253 e. The van der Waals surface area contributed by atoms with Gasteiger partial charge in [0.25, 0.3) is 5.91 Å². The number of benzene rings is 2. The Labute approximate surface area is 184 Å². The molecule has 6 heteroatoms. The molecule has 1 heterocycles. The van der Waals surface area contributed by atoms with Crippen molar-refractivity contribution in [3.63, 3.8) is 0 Å². The van der Waals surface area contributed by atoms with E-state index in [-0.39, 0.29) is 23.8 Å². The number of ether oxygens (including phenoxy) is 2. The minimum Gasteiger partial charge on any atom is -0.497 e. The summed E-state index contributed by atoms with van der Waals surface area (Å²) in [6, 6.07) is 11.2. The molecule has 31 heavy (non-hydrogen) atoms. The lowest BCUT2D eigenvalue weighted by molar-refractivity contribution is -0.127. The van der Waals surface area contributed by atoms with Crippen LogP contribution in [0.4, 0.5) is 0 Å². The number of carbonyl (C=O) groups excluding carboxylic acids is 2. The minimum atomic E-state index is -0.247. The van der Waals surface area contributed by atoms with Gasteiger partial charge in [0, 0.05) is 24.2 Å². The third-order valence-electron chi connectivity index (χ3n) is 5.81. The molecule has 1 N–H and O–H groups in total. The van der Waals surface area contributed by atoms with Gasteiger partial charge in [-0.1, -0.05) is 17.2 Å². The molecule has 2 aromatic rings. The Hall–Kier alpha value is -3.02. The number of carbonyl (C=O) groups is 2. The molecule has 1 fully saturated rings. The summed E-state index contributed by atoms with van der Waals surface area (Å²) in [6.07, 6.45) is 1.58. The SMILES string of the molecule is COc1ccc(OC)c([C@@H](C)NC(=O)[C@@H]2CCCN(C(=O)c3cc(C)cc(C)c3)C2)c1. The second kappa shape index (κ2) is 9.86. The Morgan fingerprint density at radius 3 is 2.42 bits per heavy atom. The molecule has 0 radical (unpaired) electrons. The second-order valence-corrected chi connectivity index (χ2v) is 8.30. The molecule has 6 nitrogen and oxygen atoms in total. The fraction of sp³-hybridized carbons (Fsp3) is 0.440. The summed E-state index contributed by atoms with van der Waals surface area (Å²) in [6.45, 7) is 7.01. The van der Waals surface area contributed by atoms with E-state index in [0.29, 0.717) is 30.2 Å². The zero-order valence-electron chi connectivity index (χ0n) is 19.0. The van der Waals surface area contributed by atoms with Crippen LogP contribution in [0.3, 0.4) is 0 Å².